The highest BCUT2D eigenvalue weighted by atomic mass is 35.5. The standard InChI is InChI=1S/C30H29ClF2N8O2S/c1-15(41-9-7-36-8-10-41)40(4)29-17-11-19(31)24(16-5-6-20(32)27-23(16)18(12-34)28(35)44-27)25(33)26(17)37-30(38-29)43-22-14-42-13-21(22)39(2)3/h5-9,11,15,21-22H,10,13-14,35H2,1-4H3/t15-,21+,22-/m0/s1. The average molecular weight is 639 g/mol. The molecule has 10 nitrogen and oxygen atoms in total. The predicted octanol–water partition coefficient (Wildman–Crippen LogP) is 5.24. The number of rotatable bonds is 7. The van der Waals surface area contributed by atoms with Crippen LogP contribution in [0.3, 0.4) is 0 Å². The highest BCUT2D eigenvalue weighted by Crippen LogP contribution is 2.45. The van der Waals surface area contributed by atoms with Gasteiger partial charge in [-0.1, -0.05) is 17.7 Å². The first-order valence-electron chi connectivity index (χ1n) is 13.8. The van der Waals surface area contributed by atoms with Crippen LogP contribution in [0, 0.1) is 23.0 Å². The van der Waals surface area contributed by atoms with Crippen LogP contribution < -0.4 is 15.4 Å². The lowest BCUT2D eigenvalue weighted by Crippen LogP contribution is -2.44. The molecule has 1 saturated heterocycles. The number of fused-ring (bicyclic) bond motifs is 2. The summed E-state index contributed by atoms with van der Waals surface area (Å²) in [6.07, 6.45) is 4.74. The van der Waals surface area contributed by atoms with Gasteiger partial charge in [-0.2, -0.15) is 15.2 Å². The van der Waals surface area contributed by atoms with Crippen molar-refractivity contribution in [3.05, 3.63) is 52.8 Å². The number of aromatic nitrogens is 2. The number of nitriles is 1. The van der Waals surface area contributed by atoms with Crippen molar-refractivity contribution in [3.63, 3.8) is 0 Å². The monoisotopic (exact) mass is 638 g/mol. The number of anilines is 2. The Balaban J connectivity index is 1.56. The van der Waals surface area contributed by atoms with E-state index in [2.05, 4.69) is 9.98 Å². The molecule has 4 aromatic rings. The third-order valence-electron chi connectivity index (χ3n) is 8.08. The summed E-state index contributed by atoms with van der Waals surface area (Å²) in [6, 6.07) is 6.14. The Morgan fingerprint density at radius 2 is 2.05 bits per heavy atom. The van der Waals surface area contributed by atoms with Crippen LogP contribution in [-0.4, -0.2) is 85.2 Å². The number of nitrogen functional groups attached to an aromatic ring is 1. The molecule has 0 radical (unpaired) electrons. The van der Waals surface area contributed by atoms with Gasteiger partial charge in [0.2, 0.25) is 0 Å². The number of likely N-dealkylation sites (N-methyl/N-ethyl adjacent to an activating group) is 1. The van der Waals surface area contributed by atoms with Crippen LogP contribution in [0.1, 0.15) is 12.5 Å². The number of aliphatic imine (C=N–C) groups is 1. The molecular formula is C30H29ClF2N8O2S. The van der Waals surface area contributed by atoms with Crippen LogP contribution >= 0.6 is 22.9 Å². The molecule has 228 valence electrons. The van der Waals surface area contributed by atoms with Crippen LogP contribution in [0.4, 0.5) is 19.6 Å². The minimum atomic E-state index is -0.763. The third kappa shape index (κ3) is 5.07. The van der Waals surface area contributed by atoms with Crippen molar-refractivity contribution in [2.45, 2.75) is 25.2 Å². The lowest BCUT2D eigenvalue weighted by Gasteiger charge is -2.36. The molecule has 6 rings (SSSR count). The SMILES string of the molecule is C[C@H](N1C=CN=CC1)N(C)c1nc(O[C@H]2COC[C@H]2N(C)C)nc2c(F)c(-c3ccc(F)c4sc(N)c(C#N)c34)c(Cl)cc12. The fourth-order valence-corrected chi connectivity index (χ4v) is 6.80. The van der Waals surface area contributed by atoms with Gasteiger partial charge in [-0.25, -0.2) is 8.78 Å². The van der Waals surface area contributed by atoms with E-state index in [-0.39, 0.29) is 60.5 Å². The number of halogens is 3. The van der Waals surface area contributed by atoms with Crippen molar-refractivity contribution in [1.82, 2.24) is 19.8 Å². The van der Waals surface area contributed by atoms with E-state index in [0.717, 1.165) is 11.3 Å². The first-order valence-corrected chi connectivity index (χ1v) is 15.0. The van der Waals surface area contributed by atoms with E-state index >= 15 is 4.39 Å². The number of hydrogen-bond donors (Lipinski definition) is 1. The fourth-order valence-electron chi connectivity index (χ4n) is 5.55. The Hall–Kier alpha value is -4.09. The van der Waals surface area contributed by atoms with E-state index in [0.29, 0.717) is 31.0 Å². The summed E-state index contributed by atoms with van der Waals surface area (Å²) in [7, 11) is 5.70. The van der Waals surface area contributed by atoms with Gasteiger partial charge in [0.25, 0.3) is 0 Å². The van der Waals surface area contributed by atoms with Gasteiger partial charge in [-0.3, -0.25) is 4.99 Å². The summed E-state index contributed by atoms with van der Waals surface area (Å²) in [4.78, 5) is 19.4. The molecule has 2 aromatic heterocycles. The van der Waals surface area contributed by atoms with Crippen molar-refractivity contribution in [2.24, 2.45) is 4.99 Å². The van der Waals surface area contributed by atoms with Crippen LogP contribution in [-0.2, 0) is 4.74 Å². The van der Waals surface area contributed by atoms with Gasteiger partial charge < -0.3 is 29.9 Å². The van der Waals surface area contributed by atoms with Crippen LogP contribution in [0.15, 0.2) is 35.6 Å². The second-order valence-corrected chi connectivity index (χ2v) is 12.3. The van der Waals surface area contributed by atoms with E-state index in [1.165, 1.54) is 12.1 Å². The molecule has 2 aromatic carbocycles. The topological polar surface area (TPSA) is 116 Å². The largest absolute Gasteiger partial charge is 0.456 e. The van der Waals surface area contributed by atoms with E-state index in [4.69, 9.17) is 31.8 Å². The Labute approximate surface area is 261 Å². The van der Waals surface area contributed by atoms with Crippen LogP contribution in [0.5, 0.6) is 6.01 Å². The average Bonchev–Trinajstić information content (AvgIpc) is 3.62. The van der Waals surface area contributed by atoms with E-state index in [1.54, 1.807) is 18.5 Å². The Morgan fingerprint density at radius 1 is 1.25 bits per heavy atom. The molecule has 4 heterocycles. The Kier molecular flexibility index (Phi) is 8.02. The molecule has 0 saturated carbocycles. The van der Waals surface area contributed by atoms with Gasteiger partial charge in [0, 0.05) is 42.0 Å². The number of nitrogens with zero attached hydrogens (tertiary/aromatic N) is 7. The summed E-state index contributed by atoms with van der Waals surface area (Å²) in [6.45, 7) is 3.35. The first kappa shape index (κ1) is 30.0. The van der Waals surface area contributed by atoms with Crippen molar-refractivity contribution < 1.29 is 18.3 Å². The molecule has 1 fully saturated rings. The smallest absolute Gasteiger partial charge is 0.319 e. The minimum Gasteiger partial charge on any atom is -0.456 e. The van der Waals surface area contributed by atoms with Gasteiger partial charge in [0.1, 0.15) is 34.3 Å². The number of hydrogen-bond acceptors (Lipinski definition) is 11. The second-order valence-electron chi connectivity index (χ2n) is 10.8. The lowest BCUT2D eigenvalue weighted by atomic mass is 9.97. The number of nitrogens with two attached hydrogens (primary N) is 1. The highest BCUT2D eigenvalue weighted by Gasteiger charge is 2.34. The second kappa shape index (κ2) is 11.8. The Bertz CT molecular complexity index is 1870. The van der Waals surface area contributed by atoms with Crippen molar-refractivity contribution in [3.8, 4) is 23.2 Å². The summed E-state index contributed by atoms with van der Waals surface area (Å²) >= 11 is 7.74. The molecule has 0 bridgehead atoms. The highest BCUT2D eigenvalue weighted by molar-refractivity contribution is 7.23. The molecule has 3 atom stereocenters. The molecule has 44 heavy (non-hydrogen) atoms. The third-order valence-corrected chi connectivity index (χ3v) is 9.40. The maximum absolute atomic E-state index is 16.9. The molecule has 0 unspecified atom stereocenters. The van der Waals surface area contributed by atoms with Gasteiger partial charge in [0.15, 0.2) is 5.82 Å². The number of benzene rings is 2. The Morgan fingerprint density at radius 3 is 2.75 bits per heavy atom. The van der Waals surface area contributed by atoms with E-state index < -0.39 is 17.7 Å². The molecule has 14 heteroatoms. The normalized spacial score (nSPS) is 18.8. The maximum Gasteiger partial charge on any atom is 0.319 e. The molecule has 0 amide bonds. The van der Waals surface area contributed by atoms with Crippen molar-refractivity contribution >= 4 is 61.0 Å². The number of ether oxygens (including phenoxy) is 2. The summed E-state index contributed by atoms with van der Waals surface area (Å²) in [5.41, 5.74) is 6.26. The number of thiophene rings is 1. The molecule has 2 aliphatic heterocycles. The zero-order valence-electron chi connectivity index (χ0n) is 24.4. The summed E-state index contributed by atoms with van der Waals surface area (Å²) in [5.74, 6) is -0.940. The predicted molar refractivity (Wildman–Crippen MR) is 169 cm³/mol. The summed E-state index contributed by atoms with van der Waals surface area (Å²) < 4.78 is 43.7. The maximum atomic E-state index is 16.9. The van der Waals surface area contributed by atoms with Gasteiger partial charge in [0.05, 0.1) is 47.3 Å². The summed E-state index contributed by atoms with van der Waals surface area (Å²) in [5, 5.41) is 10.5. The zero-order valence-corrected chi connectivity index (χ0v) is 26.0. The molecule has 2 aliphatic rings. The molecule has 2 N–H and O–H groups in total. The van der Waals surface area contributed by atoms with Crippen LogP contribution in [0.25, 0.3) is 32.1 Å². The van der Waals surface area contributed by atoms with Crippen LogP contribution in [0.2, 0.25) is 5.02 Å². The lowest BCUT2D eigenvalue weighted by molar-refractivity contribution is 0.117. The molecular weight excluding hydrogens is 610 g/mol. The minimum absolute atomic E-state index is 0.0291. The van der Waals surface area contributed by atoms with Gasteiger partial charge in [-0.15, -0.1) is 11.3 Å². The van der Waals surface area contributed by atoms with Gasteiger partial charge >= 0.3 is 6.01 Å². The zero-order chi connectivity index (χ0) is 31.3. The quantitative estimate of drug-likeness (QED) is 0.290. The first-order chi connectivity index (χ1) is 21.1. The van der Waals surface area contributed by atoms with Crippen molar-refractivity contribution in [1.29, 1.82) is 5.26 Å². The van der Waals surface area contributed by atoms with E-state index in [9.17, 15) is 9.65 Å². The fraction of sp³-hybridized carbons (Fsp3) is 0.333. The molecule has 0 spiro atoms. The van der Waals surface area contributed by atoms with Crippen molar-refractivity contribution in [2.75, 3.05) is 51.5 Å². The van der Waals surface area contributed by atoms with E-state index in [1.807, 2.05) is 55.0 Å². The van der Waals surface area contributed by atoms with Gasteiger partial charge in [-0.05, 0) is 38.7 Å². The molecule has 0 aliphatic carbocycles.